The summed E-state index contributed by atoms with van der Waals surface area (Å²) in [5.41, 5.74) is 0.616. The van der Waals surface area contributed by atoms with E-state index in [0.717, 1.165) is 0 Å². The number of anilines is 2. The van der Waals surface area contributed by atoms with E-state index in [4.69, 9.17) is 21.1 Å². The fraction of sp³-hybridized carbons (Fsp3) is 0.235. The molecule has 0 bridgehead atoms. The zero-order valence-corrected chi connectivity index (χ0v) is 14.8. The first-order valence-electron chi connectivity index (χ1n) is 7.43. The van der Waals surface area contributed by atoms with E-state index < -0.39 is 12.5 Å². The zero-order valence-electron chi connectivity index (χ0n) is 14.0. The predicted molar refractivity (Wildman–Crippen MR) is 94.7 cm³/mol. The summed E-state index contributed by atoms with van der Waals surface area (Å²) in [7, 11) is 2.90. The van der Waals surface area contributed by atoms with Gasteiger partial charge in [-0.2, -0.15) is 8.78 Å². The number of para-hydroxylation sites is 2. The second-order valence-corrected chi connectivity index (χ2v) is 5.37. The molecule has 0 unspecified atom stereocenters. The van der Waals surface area contributed by atoms with Gasteiger partial charge in [-0.3, -0.25) is 4.79 Å². The summed E-state index contributed by atoms with van der Waals surface area (Å²) in [4.78, 5) is 12.2. The number of halogens is 3. The highest BCUT2D eigenvalue weighted by Crippen LogP contribution is 2.35. The van der Waals surface area contributed by atoms with Gasteiger partial charge in [-0.1, -0.05) is 23.7 Å². The molecule has 6 nitrogen and oxygen atoms in total. The number of benzene rings is 2. The number of nitrogens with one attached hydrogen (secondary N) is 2. The van der Waals surface area contributed by atoms with Crippen LogP contribution in [-0.2, 0) is 4.79 Å². The van der Waals surface area contributed by atoms with Gasteiger partial charge in [0.25, 0.3) is 0 Å². The Labute approximate surface area is 154 Å². The Morgan fingerprint density at radius 1 is 1.08 bits per heavy atom. The van der Waals surface area contributed by atoms with Gasteiger partial charge in [-0.05, 0) is 18.2 Å². The molecule has 2 aromatic rings. The molecule has 0 aromatic heterocycles. The van der Waals surface area contributed by atoms with Gasteiger partial charge in [-0.25, -0.2) is 0 Å². The fourth-order valence-electron chi connectivity index (χ4n) is 2.14. The number of hydrogen-bond donors (Lipinski definition) is 2. The van der Waals surface area contributed by atoms with E-state index in [9.17, 15) is 13.6 Å². The van der Waals surface area contributed by atoms with Crippen molar-refractivity contribution in [3.8, 4) is 17.2 Å². The van der Waals surface area contributed by atoms with Crippen molar-refractivity contribution in [3.05, 3.63) is 41.4 Å². The second-order valence-electron chi connectivity index (χ2n) is 4.96. The lowest BCUT2D eigenvalue weighted by atomic mass is 10.2. The molecule has 0 radical (unpaired) electrons. The highest BCUT2D eigenvalue weighted by Gasteiger charge is 2.14. The third-order valence-electron chi connectivity index (χ3n) is 3.29. The Bertz CT molecular complexity index is 774. The van der Waals surface area contributed by atoms with Gasteiger partial charge in [0.05, 0.1) is 37.2 Å². The molecule has 0 fully saturated rings. The molecule has 0 spiro atoms. The molecule has 0 atom stereocenters. The average Bonchev–Trinajstić information content (AvgIpc) is 2.61. The Hall–Kier alpha value is -2.74. The van der Waals surface area contributed by atoms with Crippen molar-refractivity contribution in [1.29, 1.82) is 0 Å². The first-order chi connectivity index (χ1) is 12.4. The lowest BCUT2D eigenvalue weighted by molar-refractivity contribution is -0.114. The Balaban J connectivity index is 2.05. The van der Waals surface area contributed by atoms with E-state index in [0.29, 0.717) is 22.2 Å². The van der Waals surface area contributed by atoms with Crippen molar-refractivity contribution in [2.24, 2.45) is 0 Å². The van der Waals surface area contributed by atoms with Crippen LogP contribution in [0.25, 0.3) is 0 Å². The summed E-state index contributed by atoms with van der Waals surface area (Å²) in [5, 5.41) is 5.67. The number of carbonyl (C=O) groups excluding carboxylic acids is 1. The number of ether oxygens (including phenoxy) is 3. The minimum Gasteiger partial charge on any atom is -0.495 e. The molecule has 0 aliphatic carbocycles. The van der Waals surface area contributed by atoms with Crippen molar-refractivity contribution in [2.45, 2.75) is 6.61 Å². The van der Waals surface area contributed by atoms with Gasteiger partial charge in [0, 0.05) is 6.07 Å². The van der Waals surface area contributed by atoms with Gasteiger partial charge >= 0.3 is 6.61 Å². The normalized spacial score (nSPS) is 10.4. The van der Waals surface area contributed by atoms with Gasteiger partial charge in [0.15, 0.2) is 0 Å². The standard InChI is InChI=1S/C17H17ClF2N2O4/c1-24-14-8-15(25-2)12(7-10(14)18)22-16(23)9-21-11-5-3-4-6-13(11)26-17(19)20/h3-8,17,21H,9H2,1-2H3,(H,22,23). The summed E-state index contributed by atoms with van der Waals surface area (Å²) in [5.74, 6) is 0.274. The van der Waals surface area contributed by atoms with E-state index in [-0.39, 0.29) is 18.0 Å². The molecule has 0 aliphatic heterocycles. The third-order valence-corrected chi connectivity index (χ3v) is 3.59. The summed E-state index contributed by atoms with van der Waals surface area (Å²) in [6, 6.07) is 9.11. The number of hydrogen-bond acceptors (Lipinski definition) is 5. The maximum atomic E-state index is 12.4. The molecule has 2 N–H and O–H groups in total. The molecule has 9 heteroatoms. The zero-order chi connectivity index (χ0) is 19.1. The molecule has 2 aromatic carbocycles. The summed E-state index contributed by atoms with van der Waals surface area (Å²) >= 11 is 6.05. The highest BCUT2D eigenvalue weighted by atomic mass is 35.5. The fourth-order valence-corrected chi connectivity index (χ4v) is 2.38. The van der Waals surface area contributed by atoms with Gasteiger partial charge in [0.2, 0.25) is 5.91 Å². The smallest absolute Gasteiger partial charge is 0.387 e. The van der Waals surface area contributed by atoms with E-state index in [1.807, 2.05) is 0 Å². The first-order valence-corrected chi connectivity index (χ1v) is 7.81. The van der Waals surface area contributed by atoms with Crippen LogP contribution >= 0.6 is 11.6 Å². The van der Waals surface area contributed by atoms with Gasteiger partial charge in [0.1, 0.15) is 17.2 Å². The number of methoxy groups -OCH3 is 2. The van der Waals surface area contributed by atoms with E-state index >= 15 is 0 Å². The van der Waals surface area contributed by atoms with Gasteiger partial charge in [-0.15, -0.1) is 0 Å². The van der Waals surface area contributed by atoms with Crippen molar-refractivity contribution >= 4 is 28.9 Å². The maximum absolute atomic E-state index is 12.4. The summed E-state index contributed by atoms with van der Waals surface area (Å²) < 4.78 is 39.5. The highest BCUT2D eigenvalue weighted by molar-refractivity contribution is 6.32. The van der Waals surface area contributed by atoms with Crippen LogP contribution in [-0.4, -0.2) is 33.3 Å². The van der Waals surface area contributed by atoms with Gasteiger partial charge < -0.3 is 24.8 Å². The van der Waals surface area contributed by atoms with Crippen molar-refractivity contribution in [1.82, 2.24) is 0 Å². The summed E-state index contributed by atoms with van der Waals surface area (Å²) in [6.07, 6.45) is 0. The lowest BCUT2D eigenvalue weighted by Gasteiger charge is -2.15. The number of alkyl halides is 2. The minimum atomic E-state index is -2.96. The van der Waals surface area contributed by atoms with Crippen molar-refractivity contribution in [3.63, 3.8) is 0 Å². The molecule has 0 aliphatic rings. The molecule has 0 heterocycles. The molecular weight excluding hydrogens is 370 g/mol. The van der Waals surface area contributed by atoms with Crippen LogP contribution in [0.5, 0.6) is 17.2 Å². The quantitative estimate of drug-likeness (QED) is 0.717. The Morgan fingerprint density at radius 2 is 1.77 bits per heavy atom. The molecule has 140 valence electrons. The van der Waals surface area contributed by atoms with E-state index in [1.165, 1.54) is 38.5 Å². The van der Waals surface area contributed by atoms with Crippen LogP contribution in [0.1, 0.15) is 0 Å². The molecule has 1 amide bonds. The third kappa shape index (κ3) is 5.13. The molecule has 2 rings (SSSR count). The topological polar surface area (TPSA) is 68.8 Å². The molecule has 0 saturated carbocycles. The Morgan fingerprint density at radius 3 is 2.42 bits per heavy atom. The van der Waals surface area contributed by atoms with Crippen LogP contribution in [0, 0.1) is 0 Å². The van der Waals surface area contributed by atoms with Crippen molar-refractivity contribution < 1.29 is 27.8 Å². The molecule has 26 heavy (non-hydrogen) atoms. The van der Waals surface area contributed by atoms with Crippen LogP contribution in [0.2, 0.25) is 5.02 Å². The maximum Gasteiger partial charge on any atom is 0.387 e. The number of amides is 1. The van der Waals surface area contributed by atoms with Crippen LogP contribution in [0.15, 0.2) is 36.4 Å². The second kappa shape index (κ2) is 9.10. The molecule has 0 saturated heterocycles. The first kappa shape index (κ1) is 19.6. The predicted octanol–water partition coefficient (Wildman–Crippen LogP) is 4.01. The minimum absolute atomic E-state index is 0.0552. The van der Waals surface area contributed by atoms with Crippen LogP contribution in [0.4, 0.5) is 20.2 Å². The number of carbonyl (C=O) groups is 1. The SMILES string of the molecule is COc1cc(OC)c(NC(=O)CNc2ccccc2OC(F)F)cc1Cl. The lowest BCUT2D eigenvalue weighted by Crippen LogP contribution is -2.22. The van der Waals surface area contributed by atoms with E-state index in [2.05, 4.69) is 15.4 Å². The summed E-state index contributed by atoms with van der Waals surface area (Å²) in [6.45, 7) is -3.14. The van der Waals surface area contributed by atoms with E-state index in [1.54, 1.807) is 12.1 Å². The van der Waals surface area contributed by atoms with Crippen LogP contribution in [0.3, 0.4) is 0 Å². The van der Waals surface area contributed by atoms with Crippen LogP contribution < -0.4 is 24.8 Å². The molecular formula is C17H17ClF2N2O4. The number of rotatable bonds is 8. The average molecular weight is 387 g/mol. The monoisotopic (exact) mass is 386 g/mol. The Kier molecular flexibility index (Phi) is 6.85. The van der Waals surface area contributed by atoms with Crippen molar-refractivity contribution in [2.75, 3.05) is 31.4 Å². The largest absolute Gasteiger partial charge is 0.495 e.